The highest BCUT2D eigenvalue weighted by molar-refractivity contribution is 5.99. The molecule has 0 N–H and O–H groups in total. The zero-order chi connectivity index (χ0) is 24.6. The maximum absolute atomic E-state index is 14.8. The zero-order valence-electron chi connectivity index (χ0n) is 19.9. The number of para-hydroxylation sites is 1. The molecule has 0 bridgehead atoms. The number of piperazine rings is 1. The first kappa shape index (κ1) is 22.5. The smallest absolute Gasteiger partial charge is 0.253 e. The number of rotatable bonds is 4. The molecule has 0 aliphatic carbocycles. The predicted octanol–water partition coefficient (Wildman–Crippen LogP) is 4.05. The van der Waals surface area contributed by atoms with E-state index in [9.17, 15) is 14.0 Å². The summed E-state index contributed by atoms with van der Waals surface area (Å²) in [4.78, 5) is 31.9. The lowest BCUT2D eigenvalue weighted by Crippen LogP contribution is -2.64. The van der Waals surface area contributed by atoms with Crippen molar-refractivity contribution in [3.05, 3.63) is 102 Å². The largest absolute Gasteiger partial charge is 0.336 e. The number of fused-ring (bicyclic) bond motifs is 1. The van der Waals surface area contributed by atoms with Crippen LogP contribution in [-0.2, 0) is 0 Å². The van der Waals surface area contributed by atoms with Gasteiger partial charge in [-0.3, -0.25) is 14.5 Å². The fourth-order valence-corrected chi connectivity index (χ4v) is 5.21. The Balaban J connectivity index is 1.07. The van der Waals surface area contributed by atoms with Crippen LogP contribution in [0.5, 0.6) is 0 Å². The predicted molar refractivity (Wildman–Crippen MR) is 137 cm³/mol. The van der Waals surface area contributed by atoms with Crippen LogP contribution in [0.25, 0.3) is 16.6 Å². The molecular formula is C29H27FN4O2. The minimum atomic E-state index is -0.340. The Labute approximate surface area is 209 Å². The number of halogens is 1. The highest BCUT2D eigenvalue weighted by Crippen LogP contribution is 2.27. The first-order valence-electron chi connectivity index (χ1n) is 12.3. The fraction of sp³-hybridized carbons (Fsp3) is 0.241. The fourth-order valence-electron chi connectivity index (χ4n) is 5.21. The van der Waals surface area contributed by atoms with E-state index in [1.807, 2.05) is 76.5 Å². The molecule has 182 valence electrons. The van der Waals surface area contributed by atoms with Crippen LogP contribution in [0.15, 0.2) is 85.1 Å². The number of likely N-dealkylation sites (tertiary alicyclic amines) is 1. The third-order valence-electron chi connectivity index (χ3n) is 7.33. The van der Waals surface area contributed by atoms with Gasteiger partial charge in [0.15, 0.2) is 0 Å². The SMILES string of the molecule is O=C(c1ccccc1)N1CCN(C2CN(C(=O)c3ccc4c(c3)c(F)cn4-c3ccccc3)C2)CC1. The number of benzene rings is 3. The maximum atomic E-state index is 14.8. The molecule has 7 heteroatoms. The van der Waals surface area contributed by atoms with Crippen molar-refractivity contribution >= 4 is 22.7 Å². The normalized spacial score (nSPS) is 16.8. The second-order valence-corrected chi connectivity index (χ2v) is 9.47. The van der Waals surface area contributed by atoms with Crippen LogP contribution in [0.2, 0.25) is 0 Å². The molecule has 0 spiro atoms. The summed E-state index contributed by atoms with van der Waals surface area (Å²) in [7, 11) is 0. The Bertz CT molecular complexity index is 1410. The second kappa shape index (κ2) is 9.24. The van der Waals surface area contributed by atoms with E-state index in [2.05, 4.69) is 4.90 Å². The molecule has 1 aromatic heterocycles. The molecule has 6 nitrogen and oxygen atoms in total. The van der Waals surface area contributed by atoms with Crippen molar-refractivity contribution in [2.45, 2.75) is 6.04 Å². The van der Waals surface area contributed by atoms with E-state index in [0.717, 1.165) is 29.9 Å². The summed E-state index contributed by atoms with van der Waals surface area (Å²) in [6.07, 6.45) is 1.47. The number of aromatic nitrogens is 1. The van der Waals surface area contributed by atoms with Crippen LogP contribution < -0.4 is 0 Å². The van der Waals surface area contributed by atoms with Crippen molar-refractivity contribution < 1.29 is 14.0 Å². The van der Waals surface area contributed by atoms with Gasteiger partial charge in [0.25, 0.3) is 11.8 Å². The van der Waals surface area contributed by atoms with E-state index < -0.39 is 0 Å². The lowest BCUT2D eigenvalue weighted by molar-refractivity contribution is 0.00854. The Kier molecular flexibility index (Phi) is 5.77. The number of nitrogens with zero attached hydrogens (tertiary/aromatic N) is 4. The van der Waals surface area contributed by atoms with Gasteiger partial charge in [0, 0.05) is 73.7 Å². The Morgan fingerprint density at radius 3 is 2.06 bits per heavy atom. The summed E-state index contributed by atoms with van der Waals surface area (Å²) in [5, 5.41) is 0.445. The zero-order valence-corrected chi connectivity index (χ0v) is 19.9. The third-order valence-corrected chi connectivity index (χ3v) is 7.33. The van der Waals surface area contributed by atoms with Crippen molar-refractivity contribution in [2.75, 3.05) is 39.3 Å². The summed E-state index contributed by atoms with van der Waals surface area (Å²) in [6.45, 7) is 4.28. The standard InChI is InChI=1S/C29H27FN4O2/c30-26-20-34(23-9-5-2-6-10-23)27-12-11-22(17-25(26)27)29(36)33-18-24(19-33)31-13-15-32(16-14-31)28(35)21-7-3-1-4-8-21/h1-12,17,20,24H,13-16,18-19H2. The quantitative estimate of drug-likeness (QED) is 0.441. The number of hydrogen-bond acceptors (Lipinski definition) is 3. The summed E-state index contributed by atoms with van der Waals surface area (Å²) in [5.41, 5.74) is 2.84. The summed E-state index contributed by atoms with van der Waals surface area (Å²) in [6, 6.07) is 24.5. The highest BCUT2D eigenvalue weighted by Gasteiger charge is 2.37. The van der Waals surface area contributed by atoms with Crippen LogP contribution in [0, 0.1) is 5.82 Å². The molecule has 0 radical (unpaired) electrons. The molecule has 2 aliphatic heterocycles. The van der Waals surface area contributed by atoms with Gasteiger partial charge in [-0.25, -0.2) is 4.39 Å². The Morgan fingerprint density at radius 1 is 0.722 bits per heavy atom. The number of carbonyl (C=O) groups is 2. The summed E-state index contributed by atoms with van der Waals surface area (Å²) < 4.78 is 16.6. The molecule has 3 heterocycles. The summed E-state index contributed by atoms with van der Waals surface area (Å²) >= 11 is 0. The van der Waals surface area contributed by atoms with E-state index in [0.29, 0.717) is 43.2 Å². The van der Waals surface area contributed by atoms with E-state index in [-0.39, 0.29) is 17.6 Å². The molecule has 6 rings (SSSR count). The highest BCUT2D eigenvalue weighted by atomic mass is 19.1. The van der Waals surface area contributed by atoms with Crippen LogP contribution in [0.1, 0.15) is 20.7 Å². The van der Waals surface area contributed by atoms with Gasteiger partial charge in [0.1, 0.15) is 5.82 Å². The number of hydrogen-bond donors (Lipinski definition) is 0. The monoisotopic (exact) mass is 482 g/mol. The van der Waals surface area contributed by atoms with Gasteiger partial charge < -0.3 is 14.4 Å². The molecule has 0 unspecified atom stereocenters. The van der Waals surface area contributed by atoms with Gasteiger partial charge in [0.05, 0.1) is 5.52 Å². The van der Waals surface area contributed by atoms with E-state index >= 15 is 0 Å². The van der Waals surface area contributed by atoms with Crippen molar-refractivity contribution in [3.8, 4) is 5.69 Å². The van der Waals surface area contributed by atoms with Crippen molar-refractivity contribution in [1.82, 2.24) is 19.3 Å². The minimum absolute atomic E-state index is 0.0714. The number of carbonyl (C=O) groups excluding carboxylic acids is 2. The van der Waals surface area contributed by atoms with Crippen molar-refractivity contribution in [3.63, 3.8) is 0 Å². The number of amides is 2. The molecule has 36 heavy (non-hydrogen) atoms. The first-order valence-corrected chi connectivity index (χ1v) is 12.3. The van der Waals surface area contributed by atoms with Gasteiger partial charge in [-0.1, -0.05) is 36.4 Å². The molecule has 0 saturated carbocycles. The summed E-state index contributed by atoms with van der Waals surface area (Å²) in [5.74, 6) is -0.338. The topological polar surface area (TPSA) is 48.8 Å². The average Bonchev–Trinajstić information content (AvgIpc) is 3.24. The molecule has 2 saturated heterocycles. The molecule has 2 fully saturated rings. The van der Waals surface area contributed by atoms with E-state index in [4.69, 9.17) is 0 Å². The van der Waals surface area contributed by atoms with E-state index in [1.54, 1.807) is 16.7 Å². The maximum Gasteiger partial charge on any atom is 0.253 e. The van der Waals surface area contributed by atoms with Crippen LogP contribution in [0.4, 0.5) is 4.39 Å². The lowest BCUT2D eigenvalue weighted by atomic mass is 10.0. The lowest BCUT2D eigenvalue weighted by Gasteiger charge is -2.48. The Morgan fingerprint density at radius 2 is 1.36 bits per heavy atom. The van der Waals surface area contributed by atoms with Gasteiger partial charge in [-0.2, -0.15) is 0 Å². The van der Waals surface area contributed by atoms with Gasteiger partial charge in [-0.15, -0.1) is 0 Å². The van der Waals surface area contributed by atoms with Gasteiger partial charge in [0.2, 0.25) is 0 Å². The van der Waals surface area contributed by atoms with Gasteiger partial charge in [-0.05, 0) is 42.5 Å². The van der Waals surface area contributed by atoms with E-state index in [1.165, 1.54) is 6.20 Å². The molecular weight excluding hydrogens is 455 g/mol. The van der Waals surface area contributed by atoms with Gasteiger partial charge >= 0.3 is 0 Å². The molecule has 0 atom stereocenters. The molecule has 2 amide bonds. The molecule has 2 aliphatic rings. The second-order valence-electron chi connectivity index (χ2n) is 9.47. The van der Waals surface area contributed by atoms with Crippen LogP contribution in [-0.4, -0.2) is 76.4 Å². The van der Waals surface area contributed by atoms with Crippen molar-refractivity contribution in [2.24, 2.45) is 0 Å². The third kappa shape index (κ3) is 4.05. The van der Waals surface area contributed by atoms with Crippen LogP contribution in [0.3, 0.4) is 0 Å². The Hall–Kier alpha value is -3.97. The van der Waals surface area contributed by atoms with Crippen molar-refractivity contribution in [1.29, 1.82) is 0 Å². The first-order chi connectivity index (χ1) is 17.6. The average molecular weight is 483 g/mol. The molecule has 4 aromatic rings. The van der Waals surface area contributed by atoms with Crippen LogP contribution >= 0.6 is 0 Å². The molecule has 3 aromatic carbocycles. The minimum Gasteiger partial charge on any atom is -0.336 e.